The first-order valence-electron chi connectivity index (χ1n) is 9.17. The number of hydrogen-bond acceptors (Lipinski definition) is 5. The van der Waals surface area contributed by atoms with Crippen molar-refractivity contribution in [1.82, 2.24) is 4.90 Å². The zero-order valence-corrected chi connectivity index (χ0v) is 18.4. The molecule has 1 atom stereocenters. The van der Waals surface area contributed by atoms with Crippen molar-refractivity contribution in [2.75, 3.05) is 33.4 Å². The van der Waals surface area contributed by atoms with Crippen LogP contribution in [0.15, 0.2) is 15.0 Å². The molecule has 0 spiro atoms. The van der Waals surface area contributed by atoms with Gasteiger partial charge in [0.1, 0.15) is 18.3 Å². The van der Waals surface area contributed by atoms with Gasteiger partial charge in [0.05, 0.1) is 11.6 Å². The zero-order valence-electron chi connectivity index (χ0n) is 15.2. The summed E-state index contributed by atoms with van der Waals surface area (Å²) in [5, 5.41) is 0. The van der Waals surface area contributed by atoms with Gasteiger partial charge >= 0.3 is 5.97 Å². The molecule has 2 aliphatic heterocycles. The predicted octanol–water partition coefficient (Wildman–Crippen LogP) is 4.65. The van der Waals surface area contributed by atoms with Crippen LogP contribution >= 0.6 is 31.9 Å². The highest BCUT2D eigenvalue weighted by molar-refractivity contribution is 9.13. The molecule has 1 unspecified atom stereocenters. The second-order valence-electron chi connectivity index (χ2n) is 6.87. The third kappa shape index (κ3) is 4.20. The molecule has 0 saturated carbocycles. The first-order valence-corrected chi connectivity index (χ1v) is 10.8. The first kappa shape index (κ1) is 20.0. The second-order valence-corrected chi connectivity index (χ2v) is 8.51. The van der Waals surface area contributed by atoms with Gasteiger partial charge in [-0.15, -0.1) is 0 Å². The fourth-order valence-corrected chi connectivity index (χ4v) is 4.49. The van der Waals surface area contributed by atoms with Gasteiger partial charge in [-0.25, -0.2) is 4.79 Å². The van der Waals surface area contributed by atoms with Crippen LogP contribution in [0.1, 0.15) is 43.0 Å². The van der Waals surface area contributed by atoms with E-state index in [9.17, 15) is 4.79 Å². The molecule has 0 aromatic heterocycles. The van der Waals surface area contributed by atoms with Crippen molar-refractivity contribution in [2.45, 2.75) is 38.7 Å². The average Bonchev–Trinajstić information content (AvgIpc) is 2.67. The number of unbranched alkanes of at least 4 members (excludes halogenated alkanes) is 1. The molecule has 0 bridgehead atoms. The lowest BCUT2D eigenvalue weighted by atomic mass is 9.91. The fraction of sp³-hybridized carbons (Fsp3) is 0.632. The summed E-state index contributed by atoms with van der Waals surface area (Å²) in [6, 6.07) is 1.86. The topological polar surface area (TPSA) is 48.0 Å². The van der Waals surface area contributed by atoms with E-state index >= 15 is 0 Å². The number of likely N-dealkylation sites (tertiary alicyclic amines) is 1. The molecule has 1 fully saturated rings. The van der Waals surface area contributed by atoms with E-state index in [-0.39, 0.29) is 6.10 Å². The molecule has 0 N–H and O–H groups in total. The van der Waals surface area contributed by atoms with E-state index in [2.05, 4.69) is 43.7 Å². The van der Waals surface area contributed by atoms with Crippen LogP contribution in [0.3, 0.4) is 0 Å². The Kier molecular flexibility index (Phi) is 6.86. The molecule has 0 radical (unpaired) electrons. The first-order chi connectivity index (χ1) is 12.5. The Hall–Kier alpha value is -0.790. The number of benzene rings is 1. The molecule has 0 aliphatic carbocycles. The van der Waals surface area contributed by atoms with Crippen LogP contribution in [-0.4, -0.2) is 50.3 Å². The number of ether oxygens (including phenoxy) is 3. The van der Waals surface area contributed by atoms with Crippen molar-refractivity contribution in [3.8, 4) is 11.5 Å². The number of halogens is 2. The third-order valence-electron chi connectivity index (χ3n) is 5.18. The number of carbonyl (C=O) groups excluding carboxylic acids is 1. The predicted molar refractivity (Wildman–Crippen MR) is 107 cm³/mol. The normalized spacial score (nSPS) is 20.8. The van der Waals surface area contributed by atoms with Crippen LogP contribution in [-0.2, 0) is 4.74 Å². The minimum Gasteiger partial charge on any atom is -0.485 e. The molecular weight excluding hydrogens is 466 g/mol. The van der Waals surface area contributed by atoms with Crippen LogP contribution < -0.4 is 9.47 Å². The van der Waals surface area contributed by atoms with Crippen LogP contribution in [0.5, 0.6) is 11.5 Å². The molecule has 5 nitrogen and oxygen atoms in total. The molecule has 144 valence electrons. The molecule has 26 heavy (non-hydrogen) atoms. The molecule has 2 heterocycles. The standard InChI is InChI=1S/C19H25Br2NO4/c1-3-4-7-22-8-5-12(6-9-22)15-11-25-18-14(26-15)10-13(20)17(21)16(18)19(23)24-2/h10,12,15H,3-9,11H2,1-2H3. The molecule has 1 aromatic carbocycles. The molecule has 0 amide bonds. The maximum atomic E-state index is 12.1. The highest BCUT2D eigenvalue weighted by Crippen LogP contribution is 2.45. The highest BCUT2D eigenvalue weighted by atomic mass is 79.9. The van der Waals surface area contributed by atoms with Crippen LogP contribution in [0.25, 0.3) is 0 Å². The number of hydrogen-bond donors (Lipinski definition) is 0. The van der Waals surface area contributed by atoms with Gasteiger partial charge in [0.25, 0.3) is 0 Å². The minimum absolute atomic E-state index is 0.0226. The number of methoxy groups -OCH3 is 1. The van der Waals surface area contributed by atoms with Crippen LogP contribution in [0.4, 0.5) is 0 Å². The second kappa shape index (κ2) is 8.93. The summed E-state index contributed by atoms with van der Waals surface area (Å²) in [7, 11) is 1.36. The van der Waals surface area contributed by atoms with E-state index in [0.717, 1.165) is 30.4 Å². The van der Waals surface area contributed by atoms with Crippen LogP contribution in [0, 0.1) is 5.92 Å². The lowest BCUT2D eigenvalue weighted by Crippen LogP contribution is -2.43. The molecule has 1 saturated heterocycles. The Balaban J connectivity index is 1.71. The van der Waals surface area contributed by atoms with E-state index in [4.69, 9.17) is 14.2 Å². The number of fused-ring (bicyclic) bond motifs is 1. The summed E-state index contributed by atoms with van der Waals surface area (Å²) in [6.45, 7) is 6.13. The summed E-state index contributed by atoms with van der Waals surface area (Å²) in [4.78, 5) is 14.7. The van der Waals surface area contributed by atoms with E-state index in [1.807, 2.05) is 6.07 Å². The lowest BCUT2D eigenvalue weighted by Gasteiger charge is -2.38. The maximum absolute atomic E-state index is 12.1. The minimum atomic E-state index is -0.444. The Morgan fingerprint density at radius 1 is 1.35 bits per heavy atom. The zero-order chi connectivity index (χ0) is 18.7. The molecule has 3 rings (SSSR count). The molecule has 2 aliphatic rings. The summed E-state index contributed by atoms with van der Waals surface area (Å²) in [5.41, 5.74) is 0.365. The largest absolute Gasteiger partial charge is 0.485 e. The Labute approximate surface area is 171 Å². The van der Waals surface area contributed by atoms with Crippen molar-refractivity contribution < 1.29 is 19.0 Å². The van der Waals surface area contributed by atoms with Gasteiger partial charge in [-0.05, 0) is 76.8 Å². The fourth-order valence-electron chi connectivity index (χ4n) is 3.63. The van der Waals surface area contributed by atoms with Gasteiger partial charge in [0.2, 0.25) is 0 Å². The van der Waals surface area contributed by atoms with Gasteiger partial charge < -0.3 is 19.1 Å². The molecule has 7 heteroatoms. The third-order valence-corrected chi connectivity index (χ3v) is 7.16. The molecule has 1 aromatic rings. The van der Waals surface area contributed by atoms with E-state index in [1.165, 1.54) is 26.5 Å². The van der Waals surface area contributed by atoms with Gasteiger partial charge in [0.15, 0.2) is 11.5 Å². The number of carbonyl (C=O) groups is 1. The maximum Gasteiger partial charge on any atom is 0.343 e. The SMILES string of the molecule is CCCCN1CCC(C2COc3c(cc(Br)c(Br)c3C(=O)OC)O2)CC1. The van der Waals surface area contributed by atoms with E-state index in [0.29, 0.717) is 34.1 Å². The van der Waals surface area contributed by atoms with Crippen molar-refractivity contribution >= 4 is 37.8 Å². The quantitative estimate of drug-likeness (QED) is 0.562. The summed E-state index contributed by atoms with van der Waals surface area (Å²) < 4.78 is 18.5. The Morgan fingerprint density at radius 2 is 2.08 bits per heavy atom. The van der Waals surface area contributed by atoms with Crippen molar-refractivity contribution in [2.24, 2.45) is 5.92 Å². The van der Waals surface area contributed by atoms with Gasteiger partial charge in [-0.2, -0.15) is 0 Å². The monoisotopic (exact) mass is 489 g/mol. The highest BCUT2D eigenvalue weighted by Gasteiger charge is 2.35. The molecular formula is C19H25Br2NO4. The van der Waals surface area contributed by atoms with Gasteiger partial charge in [0, 0.05) is 10.4 Å². The number of nitrogens with zero attached hydrogens (tertiary/aromatic N) is 1. The Bertz CT molecular complexity index is 659. The van der Waals surface area contributed by atoms with E-state index in [1.54, 1.807) is 0 Å². The number of esters is 1. The Morgan fingerprint density at radius 3 is 2.73 bits per heavy atom. The summed E-state index contributed by atoms with van der Waals surface area (Å²) in [5.74, 6) is 1.10. The van der Waals surface area contributed by atoms with Gasteiger partial charge in [-0.1, -0.05) is 13.3 Å². The van der Waals surface area contributed by atoms with Crippen molar-refractivity contribution in [1.29, 1.82) is 0 Å². The van der Waals surface area contributed by atoms with Gasteiger partial charge in [-0.3, -0.25) is 0 Å². The van der Waals surface area contributed by atoms with Crippen LogP contribution in [0.2, 0.25) is 0 Å². The number of rotatable bonds is 5. The van der Waals surface area contributed by atoms with Crippen molar-refractivity contribution in [3.63, 3.8) is 0 Å². The average molecular weight is 491 g/mol. The smallest absolute Gasteiger partial charge is 0.343 e. The summed E-state index contributed by atoms with van der Waals surface area (Å²) >= 11 is 6.90. The lowest BCUT2D eigenvalue weighted by molar-refractivity contribution is 0.0190. The van der Waals surface area contributed by atoms with E-state index < -0.39 is 5.97 Å². The van der Waals surface area contributed by atoms with Crippen molar-refractivity contribution in [3.05, 3.63) is 20.6 Å². The summed E-state index contributed by atoms with van der Waals surface area (Å²) in [6.07, 6.45) is 4.77. The number of piperidine rings is 1.